The molecule has 1 amide bonds. The van der Waals surface area contributed by atoms with Crippen LogP contribution in [0.15, 0.2) is 42.5 Å². The summed E-state index contributed by atoms with van der Waals surface area (Å²) in [6, 6.07) is 9.30. The molecule has 0 spiro atoms. The molecule has 3 N–H and O–H groups in total. The van der Waals surface area contributed by atoms with Crippen molar-refractivity contribution in [3.63, 3.8) is 0 Å². The zero-order chi connectivity index (χ0) is 17.7. The smallest absolute Gasteiger partial charge is 0.241 e. The van der Waals surface area contributed by atoms with Crippen molar-refractivity contribution in [3.05, 3.63) is 59.7 Å². The quantitative estimate of drug-likeness (QED) is 0.850. The second-order valence-corrected chi connectivity index (χ2v) is 5.82. The van der Waals surface area contributed by atoms with Crippen LogP contribution in [0.5, 0.6) is 5.75 Å². The number of benzene rings is 2. The lowest BCUT2D eigenvalue weighted by Gasteiger charge is -2.15. The number of rotatable bonds is 6. The minimum atomic E-state index is -0.669. The van der Waals surface area contributed by atoms with E-state index in [1.54, 1.807) is 12.1 Å². The lowest BCUT2D eigenvalue weighted by Crippen LogP contribution is -2.39. The van der Waals surface area contributed by atoms with E-state index in [-0.39, 0.29) is 30.0 Å². The van der Waals surface area contributed by atoms with E-state index in [2.05, 4.69) is 5.32 Å². The molecule has 0 radical (unpaired) electrons. The summed E-state index contributed by atoms with van der Waals surface area (Å²) >= 11 is 0. The van der Waals surface area contributed by atoms with Gasteiger partial charge in [-0.1, -0.05) is 26.0 Å². The summed E-state index contributed by atoms with van der Waals surface area (Å²) in [4.78, 5) is 11.9. The van der Waals surface area contributed by atoms with Gasteiger partial charge in [-0.2, -0.15) is 0 Å². The van der Waals surface area contributed by atoms with E-state index < -0.39 is 11.9 Å². The molecule has 0 saturated carbocycles. The van der Waals surface area contributed by atoms with Crippen molar-refractivity contribution < 1.29 is 18.3 Å². The zero-order valence-electron chi connectivity index (χ0n) is 13.6. The molecule has 0 saturated heterocycles. The lowest BCUT2D eigenvalue weighted by atomic mass is 10.0. The molecule has 0 aliphatic carbocycles. The fraction of sp³-hybridized carbons (Fsp3) is 0.278. The minimum Gasteiger partial charge on any atom is -0.486 e. The number of anilines is 1. The highest BCUT2D eigenvalue weighted by molar-refractivity contribution is 5.94. The van der Waals surface area contributed by atoms with Crippen molar-refractivity contribution in [3.8, 4) is 5.75 Å². The Kier molecular flexibility index (Phi) is 5.87. The molecule has 0 bridgehead atoms. The Hall–Kier alpha value is -2.47. The zero-order valence-corrected chi connectivity index (χ0v) is 13.6. The average molecular weight is 334 g/mol. The molecule has 0 aliphatic rings. The molecule has 0 fully saturated rings. The van der Waals surface area contributed by atoms with Gasteiger partial charge in [0, 0.05) is 11.8 Å². The highest BCUT2D eigenvalue weighted by atomic mass is 19.1. The van der Waals surface area contributed by atoms with Gasteiger partial charge in [-0.25, -0.2) is 8.78 Å². The van der Waals surface area contributed by atoms with Gasteiger partial charge in [0.05, 0.1) is 6.04 Å². The first-order valence-corrected chi connectivity index (χ1v) is 7.60. The number of halogens is 2. The van der Waals surface area contributed by atoms with Crippen molar-refractivity contribution in [1.82, 2.24) is 0 Å². The fourth-order valence-electron chi connectivity index (χ4n) is 2.01. The van der Waals surface area contributed by atoms with Crippen molar-refractivity contribution in [2.75, 3.05) is 5.32 Å². The van der Waals surface area contributed by atoms with Gasteiger partial charge in [0.1, 0.15) is 12.4 Å². The van der Waals surface area contributed by atoms with Crippen LogP contribution in [-0.4, -0.2) is 11.9 Å². The summed E-state index contributed by atoms with van der Waals surface area (Å²) in [7, 11) is 0. The van der Waals surface area contributed by atoms with E-state index in [1.807, 2.05) is 13.8 Å². The topological polar surface area (TPSA) is 64.4 Å². The third-order valence-electron chi connectivity index (χ3n) is 3.50. The van der Waals surface area contributed by atoms with Gasteiger partial charge in [0.25, 0.3) is 0 Å². The minimum absolute atomic E-state index is 0.0189. The first-order valence-electron chi connectivity index (χ1n) is 7.60. The number of ether oxygens (including phenoxy) is 1. The van der Waals surface area contributed by atoms with Crippen molar-refractivity contribution >= 4 is 11.6 Å². The number of nitrogens with one attached hydrogen (secondary N) is 1. The Bertz CT molecular complexity index is 720. The summed E-state index contributed by atoms with van der Waals surface area (Å²) < 4.78 is 32.5. The van der Waals surface area contributed by atoms with Crippen LogP contribution in [0, 0.1) is 17.6 Å². The van der Waals surface area contributed by atoms with Gasteiger partial charge < -0.3 is 15.8 Å². The summed E-state index contributed by atoms with van der Waals surface area (Å²) in [6.07, 6.45) is 0. The molecule has 4 nitrogen and oxygen atoms in total. The fourth-order valence-corrected chi connectivity index (χ4v) is 2.01. The van der Waals surface area contributed by atoms with E-state index in [0.29, 0.717) is 11.3 Å². The Morgan fingerprint density at radius 1 is 1.21 bits per heavy atom. The highest BCUT2D eigenvalue weighted by Gasteiger charge is 2.17. The number of carbonyl (C=O) groups is 1. The number of amides is 1. The highest BCUT2D eigenvalue weighted by Crippen LogP contribution is 2.22. The molecule has 6 heteroatoms. The molecule has 24 heavy (non-hydrogen) atoms. The van der Waals surface area contributed by atoms with Crippen molar-refractivity contribution in [2.24, 2.45) is 11.7 Å². The van der Waals surface area contributed by atoms with Crippen LogP contribution in [0.1, 0.15) is 19.4 Å². The first kappa shape index (κ1) is 17.9. The van der Waals surface area contributed by atoms with Crippen LogP contribution in [0.25, 0.3) is 0 Å². The van der Waals surface area contributed by atoms with E-state index >= 15 is 0 Å². The third-order valence-corrected chi connectivity index (χ3v) is 3.50. The second-order valence-electron chi connectivity index (χ2n) is 5.82. The van der Waals surface area contributed by atoms with Crippen LogP contribution in [0.4, 0.5) is 14.5 Å². The van der Waals surface area contributed by atoms with E-state index in [4.69, 9.17) is 10.5 Å². The Labute approximate surface area is 139 Å². The lowest BCUT2D eigenvalue weighted by molar-refractivity contribution is -0.118. The van der Waals surface area contributed by atoms with E-state index in [1.165, 1.54) is 24.3 Å². The van der Waals surface area contributed by atoms with Gasteiger partial charge in [0.2, 0.25) is 5.91 Å². The van der Waals surface area contributed by atoms with Crippen LogP contribution < -0.4 is 15.8 Å². The Morgan fingerprint density at radius 3 is 2.58 bits per heavy atom. The predicted molar refractivity (Wildman–Crippen MR) is 88.6 cm³/mol. The molecular weight excluding hydrogens is 314 g/mol. The van der Waals surface area contributed by atoms with E-state index in [0.717, 1.165) is 6.07 Å². The summed E-state index contributed by atoms with van der Waals surface area (Å²) in [5, 5.41) is 2.56. The first-order chi connectivity index (χ1) is 11.4. The third kappa shape index (κ3) is 4.76. The molecule has 1 atom stereocenters. The Morgan fingerprint density at radius 2 is 1.96 bits per heavy atom. The molecule has 0 aromatic heterocycles. The molecule has 2 aromatic carbocycles. The van der Waals surface area contributed by atoms with Gasteiger partial charge in [-0.3, -0.25) is 4.79 Å². The predicted octanol–water partition coefficient (Wildman–Crippen LogP) is 3.47. The summed E-state index contributed by atoms with van der Waals surface area (Å²) in [6.45, 7) is 3.70. The van der Waals surface area contributed by atoms with Crippen LogP contribution >= 0.6 is 0 Å². The van der Waals surface area contributed by atoms with Gasteiger partial charge in [-0.05, 0) is 35.7 Å². The van der Waals surface area contributed by atoms with Gasteiger partial charge in [0.15, 0.2) is 11.6 Å². The van der Waals surface area contributed by atoms with Crippen LogP contribution in [0.2, 0.25) is 0 Å². The summed E-state index contributed by atoms with van der Waals surface area (Å²) in [5.41, 5.74) is 6.63. The van der Waals surface area contributed by atoms with Crippen LogP contribution in [-0.2, 0) is 11.4 Å². The molecular formula is C18H20F2N2O2. The molecule has 0 unspecified atom stereocenters. The second kappa shape index (κ2) is 7.88. The van der Waals surface area contributed by atoms with Crippen molar-refractivity contribution in [2.45, 2.75) is 26.5 Å². The average Bonchev–Trinajstić information content (AvgIpc) is 2.53. The standard InChI is InChI=1S/C18H20F2N2O2/c1-11(2)17(21)18(23)22-14-6-7-16(15(20)9-14)24-10-12-4-3-5-13(19)8-12/h3-9,11,17H,10,21H2,1-2H3,(H,22,23)/t17-/m0/s1. The maximum atomic E-state index is 14.1. The van der Waals surface area contributed by atoms with Gasteiger partial charge >= 0.3 is 0 Å². The Balaban J connectivity index is 2.00. The summed E-state index contributed by atoms with van der Waals surface area (Å²) in [5.74, 6) is -1.38. The monoisotopic (exact) mass is 334 g/mol. The molecule has 0 heterocycles. The maximum absolute atomic E-state index is 14.1. The molecule has 2 rings (SSSR count). The number of carbonyl (C=O) groups excluding carboxylic acids is 1. The van der Waals surface area contributed by atoms with Crippen LogP contribution in [0.3, 0.4) is 0 Å². The number of hydrogen-bond acceptors (Lipinski definition) is 3. The number of nitrogens with two attached hydrogens (primary N) is 1. The van der Waals surface area contributed by atoms with E-state index in [9.17, 15) is 13.6 Å². The number of hydrogen-bond donors (Lipinski definition) is 2. The van der Waals surface area contributed by atoms with Gasteiger partial charge in [-0.15, -0.1) is 0 Å². The molecule has 2 aromatic rings. The van der Waals surface area contributed by atoms with Crippen molar-refractivity contribution in [1.29, 1.82) is 0 Å². The maximum Gasteiger partial charge on any atom is 0.241 e. The molecule has 128 valence electrons. The molecule has 0 aliphatic heterocycles. The largest absolute Gasteiger partial charge is 0.486 e. The normalized spacial score (nSPS) is 12.1. The SMILES string of the molecule is CC(C)[C@H](N)C(=O)Nc1ccc(OCc2cccc(F)c2)c(F)c1.